The molecule has 0 saturated carbocycles. The third-order valence-electron chi connectivity index (χ3n) is 5.36. The molecule has 3 aromatic rings. The molecule has 144 valence electrons. The van der Waals surface area contributed by atoms with Gasteiger partial charge in [-0.3, -0.25) is 4.68 Å². The van der Waals surface area contributed by atoms with Crippen molar-refractivity contribution in [2.24, 2.45) is 0 Å². The molecule has 1 atom stereocenters. The molecule has 28 heavy (non-hydrogen) atoms. The Hall–Kier alpha value is -2.91. The van der Waals surface area contributed by atoms with Gasteiger partial charge in [0.25, 0.3) is 0 Å². The van der Waals surface area contributed by atoms with Crippen molar-refractivity contribution >= 4 is 28.2 Å². The van der Waals surface area contributed by atoms with Crippen molar-refractivity contribution in [2.45, 2.75) is 32.4 Å². The molecule has 1 aliphatic rings. The minimum atomic E-state index is -0.194. The van der Waals surface area contributed by atoms with Gasteiger partial charge in [-0.05, 0) is 37.5 Å². The first-order chi connectivity index (χ1) is 13.5. The van der Waals surface area contributed by atoms with E-state index in [-0.39, 0.29) is 16.3 Å². The Kier molecular flexibility index (Phi) is 4.78. The number of nitrogens with zero attached hydrogens (tertiary/aromatic N) is 4. The first-order valence-electron chi connectivity index (χ1n) is 9.24. The number of aromatic hydroxyl groups is 1. The molecule has 1 fully saturated rings. The van der Waals surface area contributed by atoms with Gasteiger partial charge in [-0.2, -0.15) is 10.4 Å². The van der Waals surface area contributed by atoms with Crippen LogP contribution < -0.4 is 9.64 Å². The Balaban J connectivity index is 1.83. The van der Waals surface area contributed by atoms with Crippen LogP contribution in [0.5, 0.6) is 11.5 Å². The monoisotopic (exact) mass is 396 g/mol. The van der Waals surface area contributed by atoms with Crippen molar-refractivity contribution in [1.82, 2.24) is 9.78 Å². The van der Waals surface area contributed by atoms with Crippen LogP contribution in [0.2, 0.25) is 5.02 Å². The number of rotatable bonds is 4. The molecule has 0 radical (unpaired) electrons. The molecule has 1 N–H and O–H groups in total. The zero-order valence-electron chi connectivity index (χ0n) is 15.8. The van der Waals surface area contributed by atoms with E-state index < -0.39 is 0 Å². The second-order valence-electron chi connectivity index (χ2n) is 7.12. The number of phenolic OH excluding ortho intramolecular Hbond substituents is 1. The summed E-state index contributed by atoms with van der Waals surface area (Å²) in [6.45, 7) is 3.55. The second kappa shape index (κ2) is 7.25. The van der Waals surface area contributed by atoms with Crippen molar-refractivity contribution in [3.05, 3.63) is 46.6 Å². The summed E-state index contributed by atoms with van der Waals surface area (Å²) < 4.78 is 6.99. The number of benzene rings is 2. The van der Waals surface area contributed by atoms with Crippen LogP contribution in [0.15, 0.2) is 30.5 Å². The molecule has 2 aromatic carbocycles. The first-order valence-corrected chi connectivity index (χ1v) is 9.62. The van der Waals surface area contributed by atoms with Crippen molar-refractivity contribution in [1.29, 1.82) is 5.26 Å². The number of halogens is 1. The summed E-state index contributed by atoms with van der Waals surface area (Å²) >= 11 is 6.51. The first kappa shape index (κ1) is 18.5. The number of anilines is 1. The lowest BCUT2D eigenvalue weighted by molar-refractivity contribution is 0.414. The molecule has 0 spiro atoms. The summed E-state index contributed by atoms with van der Waals surface area (Å²) in [6, 6.07) is 10.1. The van der Waals surface area contributed by atoms with Gasteiger partial charge in [0.05, 0.1) is 19.3 Å². The van der Waals surface area contributed by atoms with Gasteiger partial charge in [0, 0.05) is 24.2 Å². The molecule has 0 unspecified atom stereocenters. The lowest BCUT2D eigenvalue weighted by atomic mass is 10.1. The molecule has 7 heteroatoms. The van der Waals surface area contributed by atoms with E-state index in [1.807, 2.05) is 30.5 Å². The summed E-state index contributed by atoms with van der Waals surface area (Å²) in [4.78, 5) is 2.20. The van der Waals surface area contributed by atoms with Crippen molar-refractivity contribution < 1.29 is 9.84 Å². The predicted octanol–water partition coefficient (Wildman–Crippen LogP) is 4.31. The molecule has 0 aliphatic carbocycles. The van der Waals surface area contributed by atoms with Gasteiger partial charge in [0.15, 0.2) is 5.75 Å². The van der Waals surface area contributed by atoms with E-state index in [0.29, 0.717) is 18.1 Å². The highest BCUT2D eigenvalue weighted by Crippen LogP contribution is 2.45. The smallest absolute Gasteiger partial charge is 0.156 e. The number of nitriles is 1. The zero-order chi connectivity index (χ0) is 19.8. The van der Waals surface area contributed by atoms with Crippen LogP contribution in [-0.4, -0.2) is 34.6 Å². The van der Waals surface area contributed by atoms with Crippen LogP contribution in [0, 0.1) is 11.3 Å². The average molecular weight is 397 g/mol. The number of hydrogen-bond donors (Lipinski definition) is 1. The maximum Gasteiger partial charge on any atom is 0.156 e. The minimum absolute atomic E-state index is 0.115. The number of hydrogen-bond acceptors (Lipinski definition) is 5. The zero-order valence-corrected chi connectivity index (χ0v) is 16.6. The van der Waals surface area contributed by atoms with Crippen LogP contribution in [-0.2, 0) is 6.54 Å². The summed E-state index contributed by atoms with van der Waals surface area (Å²) in [7, 11) is 1.63. The Morgan fingerprint density at radius 1 is 1.36 bits per heavy atom. The Bertz CT molecular complexity index is 1070. The summed E-state index contributed by atoms with van der Waals surface area (Å²) in [5.74, 6) is 0.601. The lowest BCUT2D eigenvalue weighted by Gasteiger charge is -2.26. The second-order valence-corrected chi connectivity index (χ2v) is 7.50. The lowest BCUT2D eigenvalue weighted by Crippen LogP contribution is -2.26. The molecule has 1 saturated heterocycles. The standard InChI is InChI=1S/C21H21ClN4O2/c1-13-4-3-9-26(13)20-17-12-25(11-14-5-7-15(28-2)8-6-14)24-19(17)16(10-23)21(27)18(20)22/h5-8,12-13,27H,3-4,9,11H2,1-2H3/t13-/m1/s1. The van der Waals surface area contributed by atoms with Gasteiger partial charge in [0.2, 0.25) is 0 Å². The van der Waals surface area contributed by atoms with Crippen LogP contribution in [0.25, 0.3) is 10.9 Å². The molecular weight excluding hydrogens is 376 g/mol. The van der Waals surface area contributed by atoms with E-state index in [2.05, 4.69) is 23.0 Å². The van der Waals surface area contributed by atoms with Gasteiger partial charge >= 0.3 is 0 Å². The van der Waals surface area contributed by atoms with E-state index in [9.17, 15) is 10.4 Å². The quantitative estimate of drug-likeness (QED) is 0.711. The van der Waals surface area contributed by atoms with Crippen molar-refractivity contribution in [3.63, 3.8) is 0 Å². The Morgan fingerprint density at radius 2 is 2.11 bits per heavy atom. The highest BCUT2D eigenvalue weighted by Gasteiger charge is 2.29. The fourth-order valence-electron chi connectivity index (χ4n) is 3.88. The third kappa shape index (κ3) is 3.02. The van der Waals surface area contributed by atoms with E-state index in [0.717, 1.165) is 41.8 Å². The molecule has 4 rings (SSSR count). The van der Waals surface area contributed by atoms with E-state index >= 15 is 0 Å². The fraction of sp³-hybridized carbons (Fsp3) is 0.333. The van der Waals surface area contributed by atoms with Gasteiger partial charge in [-0.1, -0.05) is 23.7 Å². The van der Waals surface area contributed by atoms with Gasteiger partial charge < -0.3 is 14.7 Å². The molecule has 0 amide bonds. The van der Waals surface area contributed by atoms with Crippen molar-refractivity contribution in [2.75, 3.05) is 18.6 Å². The number of ether oxygens (including phenoxy) is 1. The SMILES string of the molecule is COc1ccc(Cn2cc3c(N4CCC[C@H]4C)c(Cl)c(O)c(C#N)c3n2)cc1. The topological polar surface area (TPSA) is 74.3 Å². The van der Waals surface area contributed by atoms with Gasteiger partial charge in [-0.25, -0.2) is 0 Å². The van der Waals surface area contributed by atoms with E-state index in [1.165, 1.54) is 0 Å². The fourth-order valence-corrected chi connectivity index (χ4v) is 4.19. The van der Waals surface area contributed by atoms with E-state index in [1.54, 1.807) is 11.8 Å². The average Bonchev–Trinajstić information content (AvgIpc) is 3.30. The number of fused-ring (bicyclic) bond motifs is 1. The molecule has 2 heterocycles. The molecule has 6 nitrogen and oxygen atoms in total. The van der Waals surface area contributed by atoms with Crippen LogP contribution >= 0.6 is 11.6 Å². The number of aromatic nitrogens is 2. The number of phenols is 1. The predicted molar refractivity (Wildman–Crippen MR) is 109 cm³/mol. The molecule has 1 aliphatic heterocycles. The molecular formula is C21H21ClN4O2. The maximum atomic E-state index is 10.5. The Morgan fingerprint density at radius 3 is 2.71 bits per heavy atom. The van der Waals surface area contributed by atoms with Gasteiger partial charge in [0.1, 0.15) is 27.9 Å². The largest absolute Gasteiger partial charge is 0.505 e. The highest BCUT2D eigenvalue weighted by atomic mass is 35.5. The van der Waals surface area contributed by atoms with Crippen LogP contribution in [0.1, 0.15) is 30.9 Å². The summed E-state index contributed by atoms with van der Waals surface area (Å²) in [5, 5.41) is 25.7. The highest BCUT2D eigenvalue weighted by molar-refractivity contribution is 6.37. The normalized spacial score (nSPS) is 16.5. The third-order valence-corrected chi connectivity index (χ3v) is 5.72. The summed E-state index contributed by atoms with van der Waals surface area (Å²) in [5.41, 5.74) is 2.41. The van der Waals surface area contributed by atoms with Gasteiger partial charge in [-0.15, -0.1) is 0 Å². The molecule has 1 aromatic heterocycles. The number of methoxy groups -OCH3 is 1. The molecule has 0 bridgehead atoms. The van der Waals surface area contributed by atoms with E-state index in [4.69, 9.17) is 16.3 Å². The minimum Gasteiger partial charge on any atom is -0.505 e. The Labute approximate surface area is 168 Å². The van der Waals surface area contributed by atoms with Crippen LogP contribution in [0.4, 0.5) is 5.69 Å². The maximum absolute atomic E-state index is 10.5. The van der Waals surface area contributed by atoms with Crippen LogP contribution in [0.3, 0.4) is 0 Å². The summed E-state index contributed by atoms with van der Waals surface area (Å²) in [6.07, 6.45) is 4.05. The van der Waals surface area contributed by atoms with Crippen molar-refractivity contribution in [3.8, 4) is 17.6 Å².